The SMILES string of the molecule is Cc1nccc(NC(=O)N2CCCC2c2ccc(Cl)cc2)n1. The topological polar surface area (TPSA) is 58.1 Å². The second kappa shape index (κ2) is 6.32. The first-order valence-corrected chi connectivity index (χ1v) is 7.64. The minimum atomic E-state index is -0.129. The number of carbonyl (C=O) groups excluding carboxylic acids is 1. The van der Waals surface area contributed by atoms with Crippen LogP contribution in [0.1, 0.15) is 30.3 Å². The summed E-state index contributed by atoms with van der Waals surface area (Å²) in [5.74, 6) is 1.16. The van der Waals surface area contributed by atoms with Crippen LogP contribution in [0.4, 0.5) is 10.6 Å². The molecule has 1 fully saturated rings. The smallest absolute Gasteiger partial charge is 0.317 e. The number of urea groups is 1. The summed E-state index contributed by atoms with van der Waals surface area (Å²) in [7, 11) is 0. The molecule has 1 aromatic heterocycles. The molecule has 5 nitrogen and oxygen atoms in total. The molecular weight excluding hydrogens is 300 g/mol. The first-order chi connectivity index (χ1) is 10.6. The number of rotatable bonds is 2. The number of benzene rings is 1. The fourth-order valence-corrected chi connectivity index (χ4v) is 2.87. The van der Waals surface area contributed by atoms with Crippen LogP contribution in [0.5, 0.6) is 0 Å². The summed E-state index contributed by atoms with van der Waals surface area (Å²) in [5, 5.41) is 3.55. The Balaban J connectivity index is 1.75. The number of hydrogen-bond acceptors (Lipinski definition) is 3. The second-order valence-electron chi connectivity index (χ2n) is 5.32. The van der Waals surface area contributed by atoms with Gasteiger partial charge in [0.2, 0.25) is 0 Å². The predicted octanol–water partition coefficient (Wildman–Crippen LogP) is 3.81. The third kappa shape index (κ3) is 3.20. The third-order valence-electron chi connectivity index (χ3n) is 3.78. The van der Waals surface area contributed by atoms with Crippen molar-refractivity contribution in [3.05, 3.63) is 52.9 Å². The largest absolute Gasteiger partial charge is 0.323 e. The first-order valence-electron chi connectivity index (χ1n) is 7.26. The van der Waals surface area contributed by atoms with Crippen LogP contribution in [0, 0.1) is 6.92 Å². The molecule has 2 heterocycles. The average molecular weight is 317 g/mol. The van der Waals surface area contributed by atoms with Gasteiger partial charge in [0.15, 0.2) is 0 Å². The number of halogens is 1. The zero-order valence-corrected chi connectivity index (χ0v) is 13.0. The van der Waals surface area contributed by atoms with Crippen molar-refractivity contribution in [1.82, 2.24) is 14.9 Å². The molecule has 0 aliphatic carbocycles. The van der Waals surface area contributed by atoms with Crippen molar-refractivity contribution >= 4 is 23.4 Å². The second-order valence-corrected chi connectivity index (χ2v) is 5.76. The fraction of sp³-hybridized carbons (Fsp3) is 0.312. The number of aromatic nitrogens is 2. The lowest BCUT2D eigenvalue weighted by Crippen LogP contribution is -2.34. The highest BCUT2D eigenvalue weighted by Crippen LogP contribution is 2.32. The molecule has 0 saturated carbocycles. The zero-order chi connectivity index (χ0) is 15.5. The standard InChI is InChI=1S/C16H17ClN4O/c1-11-18-9-8-15(19-11)20-16(22)21-10-2-3-14(21)12-4-6-13(17)7-5-12/h4-9,14H,2-3,10H2,1H3,(H,18,19,20,22). The Morgan fingerprint density at radius 2 is 2.09 bits per heavy atom. The highest BCUT2D eigenvalue weighted by atomic mass is 35.5. The number of nitrogens with one attached hydrogen (secondary N) is 1. The van der Waals surface area contributed by atoms with Crippen molar-refractivity contribution in [3.8, 4) is 0 Å². The number of nitrogens with zero attached hydrogens (tertiary/aromatic N) is 3. The van der Waals surface area contributed by atoms with Crippen LogP contribution in [-0.2, 0) is 0 Å². The Kier molecular flexibility index (Phi) is 4.24. The number of anilines is 1. The van der Waals surface area contributed by atoms with Gasteiger partial charge in [-0.05, 0) is 43.5 Å². The molecule has 0 spiro atoms. The highest BCUT2D eigenvalue weighted by molar-refractivity contribution is 6.30. The lowest BCUT2D eigenvalue weighted by atomic mass is 10.1. The molecule has 1 atom stereocenters. The van der Waals surface area contributed by atoms with E-state index in [0.29, 0.717) is 16.7 Å². The van der Waals surface area contributed by atoms with Crippen molar-refractivity contribution in [2.75, 3.05) is 11.9 Å². The van der Waals surface area contributed by atoms with Gasteiger partial charge in [0, 0.05) is 17.8 Å². The van der Waals surface area contributed by atoms with Crippen LogP contribution in [-0.4, -0.2) is 27.4 Å². The Morgan fingerprint density at radius 3 is 2.82 bits per heavy atom. The van der Waals surface area contributed by atoms with E-state index >= 15 is 0 Å². The van der Waals surface area contributed by atoms with Gasteiger partial charge in [0.25, 0.3) is 0 Å². The van der Waals surface area contributed by atoms with Crippen LogP contribution >= 0.6 is 11.6 Å². The molecular formula is C16H17ClN4O. The minimum Gasteiger partial charge on any atom is -0.317 e. The molecule has 6 heteroatoms. The normalized spacial score (nSPS) is 17.5. The maximum absolute atomic E-state index is 12.5. The average Bonchev–Trinajstić information content (AvgIpc) is 2.97. The van der Waals surface area contributed by atoms with E-state index in [1.165, 1.54) is 0 Å². The van der Waals surface area contributed by atoms with E-state index in [0.717, 1.165) is 24.9 Å². The van der Waals surface area contributed by atoms with E-state index in [1.807, 2.05) is 29.2 Å². The summed E-state index contributed by atoms with van der Waals surface area (Å²) >= 11 is 5.93. The van der Waals surface area contributed by atoms with E-state index in [4.69, 9.17) is 11.6 Å². The predicted molar refractivity (Wildman–Crippen MR) is 85.9 cm³/mol. The lowest BCUT2D eigenvalue weighted by Gasteiger charge is -2.25. The Morgan fingerprint density at radius 1 is 1.32 bits per heavy atom. The molecule has 1 aliphatic heterocycles. The van der Waals surface area contributed by atoms with E-state index < -0.39 is 0 Å². The van der Waals surface area contributed by atoms with Gasteiger partial charge in [-0.2, -0.15) is 0 Å². The van der Waals surface area contributed by atoms with Gasteiger partial charge in [-0.25, -0.2) is 14.8 Å². The monoisotopic (exact) mass is 316 g/mol. The van der Waals surface area contributed by atoms with E-state index in [-0.39, 0.29) is 12.1 Å². The summed E-state index contributed by atoms with van der Waals surface area (Å²) < 4.78 is 0. The summed E-state index contributed by atoms with van der Waals surface area (Å²) in [6, 6.07) is 9.33. The van der Waals surface area contributed by atoms with Crippen molar-refractivity contribution < 1.29 is 4.79 Å². The van der Waals surface area contributed by atoms with Crippen molar-refractivity contribution in [3.63, 3.8) is 0 Å². The summed E-state index contributed by atoms with van der Waals surface area (Å²) in [6.45, 7) is 2.53. The molecule has 0 bridgehead atoms. The van der Waals surface area contributed by atoms with E-state index in [9.17, 15) is 4.79 Å². The first kappa shape index (κ1) is 14.8. The maximum atomic E-state index is 12.5. The van der Waals surface area contributed by atoms with Crippen LogP contribution in [0.2, 0.25) is 5.02 Å². The number of carbonyl (C=O) groups is 1. The van der Waals surface area contributed by atoms with Gasteiger partial charge in [0.05, 0.1) is 6.04 Å². The van der Waals surface area contributed by atoms with Crippen molar-refractivity contribution in [1.29, 1.82) is 0 Å². The molecule has 1 N–H and O–H groups in total. The minimum absolute atomic E-state index is 0.0835. The fourth-order valence-electron chi connectivity index (χ4n) is 2.75. The van der Waals surface area contributed by atoms with Gasteiger partial charge >= 0.3 is 6.03 Å². The Labute approximate surface area is 134 Å². The lowest BCUT2D eigenvalue weighted by molar-refractivity contribution is 0.207. The van der Waals surface area contributed by atoms with Gasteiger partial charge < -0.3 is 4.90 Å². The van der Waals surface area contributed by atoms with Gasteiger partial charge in [-0.3, -0.25) is 5.32 Å². The van der Waals surface area contributed by atoms with Crippen LogP contribution in [0.3, 0.4) is 0 Å². The number of aryl methyl sites for hydroxylation is 1. The molecule has 1 saturated heterocycles. The molecule has 2 amide bonds. The third-order valence-corrected chi connectivity index (χ3v) is 4.03. The molecule has 1 aliphatic rings. The van der Waals surface area contributed by atoms with Crippen LogP contribution in [0.15, 0.2) is 36.5 Å². The number of hydrogen-bond donors (Lipinski definition) is 1. The number of amides is 2. The molecule has 0 radical (unpaired) electrons. The Bertz CT molecular complexity index is 674. The molecule has 1 unspecified atom stereocenters. The zero-order valence-electron chi connectivity index (χ0n) is 12.3. The molecule has 114 valence electrons. The van der Waals surface area contributed by atoms with Crippen LogP contribution in [0.25, 0.3) is 0 Å². The van der Waals surface area contributed by atoms with Gasteiger partial charge in [0.1, 0.15) is 11.6 Å². The van der Waals surface area contributed by atoms with Gasteiger partial charge in [-0.15, -0.1) is 0 Å². The molecule has 2 aromatic rings. The summed E-state index contributed by atoms with van der Waals surface area (Å²) in [5.41, 5.74) is 1.11. The van der Waals surface area contributed by atoms with E-state index in [1.54, 1.807) is 19.2 Å². The van der Waals surface area contributed by atoms with Crippen molar-refractivity contribution in [2.24, 2.45) is 0 Å². The highest BCUT2D eigenvalue weighted by Gasteiger charge is 2.30. The molecule has 1 aromatic carbocycles. The Hall–Kier alpha value is -2.14. The molecule has 3 rings (SSSR count). The number of likely N-dealkylation sites (tertiary alicyclic amines) is 1. The van der Waals surface area contributed by atoms with Gasteiger partial charge in [-0.1, -0.05) is 23.7 Å². The quantitative estimate of drug-likeness (QED) is 0.916. The summed E-state index contributed by atoms with van der Waals surface area (Å²) in [4.78, 5) is 22.6. The van der Waals surface area contributed by atoms with Crippen molar-refractivity contribution in [2.45, 2.75) is 25.8 Å². The maximum Gasteiger partial charge on any atom is 0.323 e. The van der Waals surface area contributed by atoms with E-state index in [2.05, 4.69) is 15.3 Å². The molecule has 22 heavy (non-hydrogen) atoms. The van der Waals surface area contributed by atoms with Crippen LogP contribution < -0.4 is 5.32 Å². The summed E-state index contributed by atoms with van der Waals surface area (Å²) in [6.07, 6.45) is 3.58.